The Kier molecular flexibility index (Phi) is 5.30. The molecule has 2 fully saturated rings. The summed E-state index contributed by atoms with van der Waals surface area (Å²) in [4.78, 5) is 26.7. The Morgan fingerprint density at radius 2 is 1.97 bits per heavy atom. The zero-order valence-electron chi connectivity index (χ0n) is 16.6. The molecule has 4 rings (SSSR count). The molecule has 1 spiro atoms. The monoisotopic (exact) mass is 411 g/mol. The Bertz CT molecular complexity index is 791. The van der Waals surface area contributed by atoms with Crippen LogP contribution in [-0.2, 0) is 22.5 Å². The van der Waals surface area contributed by atoms with Crippen molar-refractivity contribution in [3.05, 3.63) is 11.6 Å². The Morgan fingerprint density at radius 3 is 2.69 bits per heavy atom. The third-order valence-electron chi connectivity index (χ3n) is 6.56. The molecule has 1 aliphatic carbocycles. The molecule has 1 saturated carbocycles. The SMILES string of the molecule is COCCNC(=O)c1nnc2n1CCC1(CC2)CCN(C(=O)C2CC(F)(F)C2)C1. The normalized spacial score (nSPS) is 26.1. The number of carbonyl (C=O) groups excluding carboxylic acids is 2. The van der Waals surface area contributed by atoms with Gasteiger partial charge in [-0.25, -0.2) is 8.78 Å². The molecule has 2 aliphatic heterocycles. The van der Waals surface area contributed by atoms with Crippen molar-refractivity contribution in [3.63, 3.8) is 0 Å². The second-order valence-electron chi connectivity index (χ2n) is 8.56. The van der Waals surface area contributed by atoms with E-state index >= 15 is 0 Å². The van der Waals surface area contributed by atoms with E-state index in [1.54, 1.807) is 12.0 Å². The highest BCUT2D eigenvalue weighted by Gasteiger charge is 2.51. The number of amides is 2. The predicted molar refractivity (Wildman–Crippen MR) is 98.5 cm³/mol. The van der Waals surface area contributed by atoms with Crippen molar-refractivity contribution in [2.24, 2.45) is 11.3 Å². The van der Waals surface area contributed by atoms with Crippen LogP contribution in [0.25, 0.3) is 0 Å². The van der Waals surface area contributed by atoms with E-state index in [9.17, 15) is 18.4 Å². The van der Waals surface area contributed by atoms with E-state index < -0.39 is 11.8 Å². The zero-order chi connectivity index (χ0) is 20.6. The molecule has 0 bridgehead atoms. The number of likely N-dealkylation sites (tertiary alicyclic amines) is 1. The van der Waals surface area contributed by atoms with Crippen LogP contribution in [0.4, 0.5) is 8.78 Å². The van der Waals surface area contributed by atoms with Crippen LogP contribution < -0.4 is 5.32 Å². The lowest BCUT2D eigenvalue weighted by Crippen LogP contribution is -2.46. The number of rotatable bonds is 5. The van der Waals surface area contributed by atoms with Crippen LogP contribution in [0.5, 0.6) is 0 Å². The second kappa shape index (κ2) is 7.62. The molecule has 1 aromatic rings. The molecule has 2 amide bonds. The highest BCUT2D eigenvalue weighted by Crippen LogP contribution is 2.46. The number of hydrogen-bond acceptors (Lipinski definition) is 5. The average molecular weight is 411 g/mol. The van der Waals surface area contributed by atoms with E-state index in [2.05, 4.69) is 15.5 Å². The van der Waals surface area contributed by atoms with E-state index in [1.165, 1.54) is 0 Å². The summed E-state index contributed by atoms with van der Waals surface area (Å²) in [6.07, 6.45) is 2.55. The summed E-state index contributed by atoms with van der Waals surface area (Å²) in [5.41, 5.74) is -0.0492. The number of hydrogen-bond donors (Lipinski definition) is 1. The first-order valence-electron chi connectivity index (χ1n) is 10.2. The van der Waals surface area contributed by atoms with Gasteiger partial charge in [0.2, 0.25) is 17.7 Å². The van der Waals surface area contributed by atoms with Crippen molar-refractivity contribution in [2.45, 2.75) is 51.0 Å². The van der Waals surface area contributed by atoms with Crippen LogP contribution >= 0.6 is 0 Å². The fraction of sp³-hybridized carbons (Fsp3) is 0.789. The zero-order valence-corrected chi connectivity index (χ0v) is 16.6. The number of carbonyl (C=O) groups is 2. The number of alkyl halides is 2. The maximum atomic E-state index is 13.1. The molecule has 29 heavy (non-hydrogen) atoms. The molecule has 1 unspecified atom stereocenters. The lowest BCUT2D eigenvalue weighted by atomic mass is 9.79. The maximum absolute atomic E-state index is 13.1. The number of aryl methyl sites for hydroxylation is 1. The van der Waals surface area contributed by atoms with E-state index in [1.807, 2.05) is 4.57 Å². The summed E-state index contributed by atoms with van der Waals surface area (Å²) >= 11 is 0. The topological polar surface area (TPSA) is 89.3 Å². The number of aromatic nitrogens is 3. The van der Waals surface area contributed by atoms with Gasteiger partial charge in [0.05, 0.1) is 6.61 Å². The molecule has 3 aliphatic rings. The highest BCUT2D eigenvalue weighted by atomic mass is 19.3. The van der Waals surface area contributed by atoms with Crippen LogP contribution in [0.1, 0.15) is 48.5 Å². The van der Waals surface area contributed by atoms with Crippen molar-refractivity contribution in [3.8, 4) is 0 Å². The molecule has 0 aromatic carbocycles. The maximum Gasteiger partial charge on any atom is 0.289 e. The molecule has 8 nitrogen and oxygen atoms in total. The Hall–Kier alpha value is -2.10. The standard InChI is InChI=1S/C19H27F2N5O3/c1-29-9-6-22-16(27)15-24-23-14-2-3-18(5-8-26(14)15)4-7-25(12-18)17(28)13-10-19(20,21)11-13/h13H,2-12H2,1H3,(H,22,27). The van der Waals surface area contributed by atoms with Gasteiger partial charge in [0.25, 0.3) is 5.91 Å². The molecule has 1 atom stereocenters. The summed E-state index contributed by atoms with van der Waals surface area (Å²) in [6.45, 7) is 2.65. The van der Waals surface area contributed by atoms with Crippen molar-refractivity contribution >= 4 is 11.8 Å². The smallest absolute Gasteiger partial charge is 0.289 e. The number of halogens is 2. The molecule has 160 valence electrons. The van der Waals surface area contributed by atoms with E-state index in [0.29, 0.717) is 45.0 Å². The average Bonchev–Trinajstić information content (AvgIpc) is 3.22. The number of nitrogens with zero attached hydrogens (tertiary/aromatic N) is 4. The van der Waals surface area contributed by atoms with Gasteiger partial charge in [-0.2, -0.15) is 0 Å². The summed E-state index contributed by atoms with van der Waals surface area (Å²) in [7, 11) is 1.57. The van der Waals surface area contributed by atoms with Gasteiger partial charge in [0.15, 0.2) is 0 Å². The number of nitrogens with one attached hydrogen (secondary N) is 1. The van der Waals surface area contributed by atoms with Crippen LogP contribution in [0.15, 0.2) is 0 Å². The molecule has 1 aromatic heterocycles. The van der Waals surface area contributed by atoms with Gasteiger partial charge in [0, 0.05) is 58.5 Å². The number of methoxy groups -OCH3 is 1. The van der Waals surface area contributed by atoms with Gasteiger partial charge in [-0.15, -0.1) is 10.2 Å². The molecule has 1 N–H and O–H groups in total. The first-order valence-corrected chi connectivity index (χ1v) is 10.2. The lowest BCUT2D eigenvalue weighted by molar-refractivity contribution is -0.159. The Balaban J connectivity index is 1.38. The largest absolute Gasteiger partial charge is 0.383 e. The van der Waals surface area contributed by atoms with Crippen LogP contribution in [0.3, 0.4) is 0 Å². The quantitative estimate of drug-likeness (QED) is 0.737. The second-order valence-corrected chi connectivity index (χ2v) is 8.56. The van der Waals surface area contributed by atoms with Gasteiger partial charge >= 0.3 is 0 Å². The number of ether oxygens (including phenoxy) is 1. The number of fused-ring (bicyclic) bond motifs is 1. The lowest BCUT2D eigenvalue weighted by Gasteiger charge is -2.36. The van der Waals surface area contributed by atoms with Crippen molar-refractivity contribution in [1.82, 2.24) is 25.0 Å². The molecule has 0 radical (unpaired) electrons. The summed E-state index contributed by atoms with van der Waals surface area (Å²) < 4.78 is 33.1. The van der Waals surface area contributed by atoms with Gasteiger partial charge in [-0.05, 0) is 24.7 Å². The minimum Gasteiger partial charge on any atom is -0.383 e. The minimum atomic E-state index is -2.68. The van der Waals surface area contributed by atoms with E-state index in [-0.39, 0.29) is 30.1 Å². The molecule has 10 heteroatoms. The Labute approximate surface area is 168 Å². The van der Waals surface area contributed by atoms with Crippen LogP contribution in [0.2, 0.25) is 0 Å². The third-order valence-corrected chi connectivity index (χ3v) is 6.56. The summed E-state index contributed by atoms with van der Waals surface area (Å²) in [5, 5.41) is 11.0. The first-order chi connectivity index (χ1) is 13.8. The molecular formula is C19H27F2N5O3. The fourth-order valence-corrected chi connectivity index (χ4v) is 4.75. The first kappa shape index (κ1) is 20.2. The van der Waals surface area contributed by atoms with Gasteiger partial charge in [-0.3, -0.25) is 9.59 Å². The predicted octanol–water partition coefficient (Wildman–Crippen LogP) is 1.25. The van der Waals surface area contributed by atoms with Crippen molar-refractivity contribution < 1.29 is 23.1 Å². The fourth-order valence-electron chi connectivity index (χ4n) is 4.75. The molecule has 1 saturated heterocycles. The highest BCUT2D eigenvalue weighted by molar-refractivity contribution is 5.90. The van der Waals surface area contributed by atoms with Gasteiger partial charge in [-0.1, -0.05) is 0 Å². The van der Waals surface area contributed by atoms with Crippen LogP contribution in [-0.4, -0.2) is 70.8 Å². The van der Waals surface area contributed by atoms with Crippen LogP contribution in [0, 0.1) is 11.3 Å². The molecule has 3 heterocycles. The van der Waals surface area contributed by atoms with Crippen molar-refractivity contribution in [2.75, 3.05) is 33.4 Å². The Morgan fingerprint density at radius 1 is 1.21 bits per heavy atom. The van der Waals surface area contributed by atoms with Gasteiger partial charge < -0.3 is 19.5 Å². The third kappa shape index (κ3) is 3.99. The summed E-state index contributed by atoms with van der Waals surface area (Å²) in [5.74, 6) is -2.53. The van der Waals surface area contributed by atoms with Gasteiger partial charge in [0.1, 0.15) is 5.82 Å². The minimum absolute atomic E-state index is 0.0492. The van der Waals surface area contributed by atoms with E-state index in [4.69, 9.17) is 4.74 Å². The van der Waals surface area contributed by atoms with Crippen molar-refractivity contribution in [1.29, 1.82) is 0 Å². The molecular weight excluding hydrogens is 384 g/mol. The van der Waals surface area contributed by atoms with E-state index in [0.717, 1.165) is 25.1 Å². The summed E-state index contributed by atoms with van der Waals surface area (Å²) in [6, 6.07) is 0.